The minimum atomic E-state index is -0.291. The largest absolute Gasteiger partial charge is 0.336 e. The lowest BCUT2D eigenvalue weighted by Crippen LogP contribution is -2.39. The van der Waals surface area contributed by atoms with E-state index < -0.39 is 0 Å². The topological polar surface area (TPSA) is 3.24 Å². The molecule has 0 aliphatic heterocycles. The number of hydrogen-bond acceptors (Lipinski definition) is 1. The zero-order valence-corrected chi connectivity index (χ0v) is 25.0. The molecule has 39 heavy (non-hydrogen) atoms. The molecule has 0 bridgehead atoms. The van der Waals surface area contributed by atoms with Gasteiger partial charge in [-0.1, -0.05) is 95.3 Å². The van der Waals surface area contributed by atoms with E-state index in [0.29, 0.717) is 6.42 Å². The molecular formula is C37H42FN. The zero-order chi connectivity index (χ0) is 28.3. The third-order valence-corrected chi connectivity index (χ3v) is 8.04. The van der Waals surface area contributed by atoms with Crippen molar-refractivity contribution < 1.29 is 4.39 Å². The summed E-state index contributed by atoms with van der Waals surface area (Å²) in [5.74, 6) is -0.138. The van der Waals surface area contributed by atoms with Gasteiger partial charge in [-0.05, 0) is 96.7 Å². The molecule has 0 atom stereocenters. The Morgan fingerprint density at radius 1 is 0.692 bits per heavy atom. The van der Waals surface area contributed by atoms with Crippen molar-refractivity contribution in [1.29, 1.82) is 0 Å². The van der Waals surface area contributed by atoms with Crippen LogP contribution in [0.15, 0.2) is 78.9 Å². The van der Waals surface area contributed by atoms with Gasteiger partial charge in [0, 0.05) is 27.9 Å². The van der Waals surface area contributed by atoms with Gasteiger partial charge in [-0.25, -0.2) is 4.39 Å². The Bertz CT molecular complexity index is 1530. The molecule has 0 saturated heterocycles. The molecule has 1 aliphatic carbocycles. The summed E-state index contributed by atoms with van der Waals surface area (Å²) in [7, 11) is 0. The molecule has 1 aliphatic rings. The molecule has 202 valence electrons. The fourth-order valence-corrected chi connectivity index (χ4v) is 6.26. The van der Waals surface area contributed by atoms with E-state index in [9.17, 15) is 0 Å². The van der Waals surface area contributed by atoms with E-state index in [2.05, 4.69) is 122 Å². The summed E-state index contributed by atoms with van der Waals surface area (Å²) in [6.45, 7) is 20.1. The molecule has 0 amide bonds. The van der Waals surface area contributed by atoms with E-state index in [4.69, 9.17) is 0 Å². The first-order valence-electron chi connectivity index (χ1n) is 14.1. The van der Waals surface area contributed by atoms with Crippen molar-refractivity contribution in [2.45, 2.75) is 79.7 Å². The first-order chi connectivity index (χ1) is 18.2. The predicted octanol–water partition coefficient (Wildman–Crippen LogP) is 10.6. The summed E-state index contributed by atoms with van der Waals surface area (Å²) < 4.78 is 16.2. The lowest BCUT2D eigenvalue weighted by Gasteiger charge is -2.41. The molecule has 0 aromatic heterocycles. The maximum atomic E-state index is 16.2. The smallest absolute Gasteiger partial charge is 0.129 e. The second-order valence-electron chi connectivity index (χ2n) is 13.9. The molecule has 5 rings (SSSR count). The molecule has 0 N–H and O–H groups in total. The van der Waals surface area contributed by atoms with Crippen LogP contribution in [-0.2, 0) is 11.8 Å². The number of halogens is 1. The molecule has 0 fully saturated rings. The third kappa shape index (κ3) is 4.91. The van der Waals surface area contributed by atoms with E-state index in [-0.39, 0.29) is 22.2 Å². The Morgan fingerprint density at radius 3 is 1.97 bits per heavy atom. The van der Waals surface area contributed by atoms with E-state index >= 15 is 4.39 Å². The SMILES string of the molecule is Cc1cc2c(cc1N(c1cc(-c3ccccc3)cc(F)c1CC(C)(C)C)C(C)(C)C)-c1ccccc1C2(C)C. The quantitative estimate of drug-likeness (QED) is 0.259. The summed E-state index contributed by atoms with van der Waals surface area (Å²) in [6, 6.07) is 27.6. The van der Waals surface area contributed by atoms with E-state index in [1.165, 1.54) is 27.8 Å². The van der Waals surface area contributed by atoms with Crippen molar-refractivity contribution in [1.82, 2.24) is 0 Å². The Balaban J connectivity index is 1.80. The van der Waals surface area contributed by atoms with Crippen molar-refractivity contribution in [3.05, 3.63) is 107 Å². The van der Waals surface area contributed by atoms with Gasteiger partial charge in [-0.3, -0.25) is 0 Å². The number of aryl methyl sites for hydroxylation is 1. The molecule has 0 unspecified atom stereocenters. The van der Waals surface area contributed by atoms with Crippen LogP contribution in [-0.4, -0.2) is 5.54 Å². The standard InChI is InChI=1S/C37H42FN/c1-24-19-31-28(27-17-13-14-18-30(27)37(31,8)9)22-33(24)39(36(5,6)7)34-21-26(25-15-11-10-12-16-25)20-32(38)29(34)23-35(2,3)4/h10-22H,23H2,1-9H3. The summed E-state index contributed by atoms with van der Waals surface area (Å²) >= 11 is 0. The molecule has 2 heteroatoms. The van der Waals surface area contributed by atoms with Crippen molar-refractivity contribution in [2.75, 3.05) is 4.90 Å². The fourth-order valence-electron chi connectivity index (χ4n) is 6.26. The Morgan fingerprint density at radius 2 is 1.33 bits per heavy atom. The zero-order valence-electron chi connectivity index (χ0n) is 25.0. The minimum Gasteiger partial charge on any atom is -0.336 e. The highest BCUT2D eigenvalue weighted by atomic mass is 19.1. The van der Waals surface area contributed by atoms with Gasteiger partial charge in [0.25, 0.3) is 0 Å². The van der Waals surface area contributed by atoms with Gasteiger partial charge in [0.05, 0.1) is 0 Å². The van der Waals surface area contributed by atoms with E-state index in [1.807, 2.05) is 18.2 Å². The number of rotatable bonds is 4. The minimum absolute atomic E-state index is 0.0570. The summed E-state index contributed by atoms with van der Waals surface area (Å²) in [5, 5.41) is 0. The van der Waals surface area contributed by atoms with Crippen LogP contribution in [0.3, 0.4) is 0 Å². The summed E-state index contributed by atoms with van der Waals surface area (Å²) in [6.07, 6.45) is 0.648. The van der Waals surface area contributed by atoms with Crippen molar-refractivity contribution in [3.8, 4) is 22.3 Å². The normalized spacial score (nSPS) is 14.2. The number of benzene rings is 4. The predicted molar refractivity (Wildman–Crippen MR) is 166 cm³/mol. The molecule has 0 spiro atoms. The van der Waals surface area contributed by atoms with Gasteiger partial charge >= 0.3 is 0 Å². The van der Waals surface area contributed by atoms with Crippen LogP contribution in [0.5, 0.6) is 0 Å². The second kappa shape index (κ2) is 9.37. The first kappa shape index (κ1) is 27.2. The first-order valence-corrected chi connectivity index (χ1v) is 14.1. The maximum Gasteiger partial charge on any atom is 0.129 e. The lowest BCUT2D eigenvalue weighted by atomic mass is 9.81. The second-order valence-corrected chi connectivity index (χ2v) is 13.9. The van der Waals surface area contributed by atoms with Crippen molar-refractivity contribution in [3.63, 3.8) is 0 Å². The molecule has 0 heterocycles. The van der Waals surface area contributed by atoms with E-state index in [0.717, 1.165) is 28.1 Å². The maximum absolute atomic E-state index is 16.2. The van der Waals surface area contributed by atoms with Crippen LogP contribution in [0.25, 0.3) is 22.3 Å². The summed E-state index contributed by atoms with van der Waals surface area (Å²) in [5.41, 5.74) is 10.9. The van der Waals surface area contributed by atoms with Gasteiger partial charge < -0.3 is 4.90 Å². The molecule has 4 aromatic rings. The molecule has 0 radical (unpaired) electrons. The van der Waals surface area contributed by atoms with Crippen LogP contribution in [0, 0.1) is 18.2 Å². The molecule has 0 saturated carbocycles. The van der Waals surface area contributed by atoms with Crippen LogP contribution >= 0.6 is 0 Å². The highest BCUT2D eigenvalue weighted by Crippen LogP contribution is 2.52. The lowest BCUT2D eigenvalue weighted by molar-refractivity contribution is 0.401. The number of fused-ring (bicyclic) bond motifs is 3. The number of anilines is 2. The Hall–Kier alpha value is -3.39. The van der Waals surface area contributed by atoms with Gasteiger partial charge in [-0.2, -0.15) is 0 Å². The van der Waals surface area contributed by atoms with Crippen molar-refractivity contribution in [2.24, 2.45) is 5.41 Å². The van der Waals surface area contributed by atoms with Crippen molar-refractivity contribution >= 4 is 11.4 Å². The van der Waals surface area contributed by atoms with Crippen LogP contribution in [0.2, 0.25) is 0 Å². The van der Waals surface area contributed by atoms with E-state index in [1.54, 1.807) is 6.07 Å². The number of nitrogens with zero attached hydrogens (tertiary/aromatic N) is 1. The van der Waals surface area contributed by atoms with Crippen LogP contribution < -0.4 is 4.90 Å². The number of hydrogen-bond donors (Lipinski definition) is 0. The van der Waals surface area contributed by atoms with Gasteiger partial charge in [0.1, 0.15) is 5.82 Å². The monoisotopic (exact) mass is 519 g/mol. The Labute approximate surface area is 234 Å². The average Bonchev–Trinajstić information content (AvgIpc) is 3.06. The van der Waals surface area contributed by atoms with Gasteiger partial charge in [0.15, 0.2) is 0 Å². The van der Waals surface area contributed by atoms with Gasteiger partial charge in [0.2, 0.25) is 0 Å². The molecular weight excluding hydrogens is 477 g/mol. The van der Waals surface area contributed by atoms with Crippen LogP contribution in [0.4, 0.5) is 15.8 Å². The Kier molecular flexibility index (Phi) is 6.53. The molecule has 1 nitrogen and oxygen atoms in total. The fraction of sp³-hybridized carbons (Fsp3) is 0.351. The summed E-state index contributed by atoms with van der Waals surface area (Å²) in [4.78, 5) is 2.38. The highest BCUT2D eigenvalue weighted by Gasteiger charge is 2.37. The average molecular weight is 520 g/mol. The molecule has 4 aromatic carbocycles. The third-order valence-electron chi connectivity index (χ3n) is 8.04. The highest BCUT2D eigenvalue weighted by molar-refractivity contribution is 5.86. The van der Waals surface area contributed by atoms with Gasteiger partial charge in [-0.15, -0.1) is 0 Å². The van der Waals surface area contributed by atoms with Crippen LogP contribution in [0.1, 0.15) is 77.6 Å².